The molecule has 9 heteroatoms. The largest absolute Gasteiger partial charge is 0.340 e. The molecular formula is C14H20ClN3O3S2. The molecule has 1 unspecified atom stereocenters. The number of halogens is 1. The molecule has 1 N–H and O–H groups in total. The number of hydrogen-bond donors (Lipinski definition) is 1. The minimum Gasteiger partial charge on any atom is -0.340 e. The highest BCUT2D eigenvalue weighted by atomic mass is 35.5. The van der Waals surface area contributed by atoms with Crippen LogP contribution in [0.3, 0.4) is 0 Å². The third-order valence-corrected chi connectivity index (χ3v) is 8.20. The summed E-state index contributed by atoms with van der Waals surface area (Å²) >= 11 is 6.89. The van der Waals surface area contributed by atoms with E-state index in [0.29, 0.717) is 36.4 Å². The first-order chi connectivity index (χ1) is 10.9. The zero-order valence-corrected chi connectivity index (χ0v) is 15.3. The molecular weight excluding hydrogens is 358 g/mol. The topological polar surface area (TPSA) is 69.7 Å². The van der Waals surface area contributed by atoms with Gasteiger partial charge in [-0.15, -0.1) is 11.3 Å². The molecule has 6 nitrogen and oxygen atoms in total. The van der Waals surface area contributed by atoms with Crippen molar-refractivity contribution in [1.29, 1.82) is 0 Å². The van der Waals surface area contributed by atoms with E-state index in [1.165, 1.54) is 10.4 Å². The van der Waals surface area contributed by atoms with E-state index in [2.05, 4.69) is 5.32 Å². The molecule has 3 heterocycles. The second kappa shape index (κ2) is 6.68. The molecule has 23 heavy (non-hydrogen) atoms. The Hall–Kier alpha value is -0.670. The standard InChI is InChI=1S/C14H20ClN3O3S2/c1-10(11-8-16-9-11)14(19)17-4-6-18(7-5-17)23(20,21)13-3-2-12(15)22-13/h2-3,10-11,16H,4-9H2,1H3. The van der Waals surface area contributed by atoms with Crippen molar-refractivity contribution in [2.75, 3.05) is 39.3 Å². The van der Waals surface area contributed by atoms with E-state index in [1.807, 2.05) is 6.92 Å². The molecule has 0 aromatic carbocycles. The number of carbonyl (C=O) groups is 1. The van der Waals surface area contributed by atoms with Crippen molar-refractivity contribution in [3.8, 4) is 0 Å². The second-order valence-electron chi connectivity index (χ2n) is 5.99. The number of piperazine rings is 1. The fourth-order valence-corrected chi connectivity index (χ4v) is 5.93. The summed E-state index contributed by atoms with van der Waals surface area (Å²) < 4.78 is 27.2. The van der Waals surface area contributed by atoms with Crippen LogP contribution in [-0.2, 0) is 14.8 Å². The first kappa shape index (κ1) is 17.2. The minimum atomic E-state index is -3.50. The van der Waals surface area contributed by atoms with Gasteiger partial charge in [0, 0.05) is 32.1 Å². The molecule has 1 amide bonds. The number of hydrogen-bond acceptors (Lipinski definition) is 5. The Balaban J connectivity index is 1.60. The maximum absolute atomic E-state index is 12.5. The number of nitrogens with one attached hydrogen (secondary N) is 1. The Bertz CT molecular complexity index is 679. The molecule has 0 saturated carbocycles. The highest BCUT2D eigenvalue weighted by Gasteiger charge is 2.35. The summed E-state index contributed by atoms with van der Waals surface area (Å²) in [7, 11) is -3.50. The average Bonchev–Trinajstić information content (AvgIpc) is 2.92. The number of sulfonamides is 1. The van der Waals surface area contributed by atoms with Gasteiger partial charge in [-0.25, -0.2) is 8.42 Å². The van der Waals surface area contributed by atoms with Crippen LogP contribution >= 0.6 is 22.9 Å². The van der Waals surface area contributed by atoms with Gasteiger partial charge in [-0.1, -0.05) is 18.5 Å². The van der Waals surface area contributed by atoms with Crippen LogP contribution in [0.5, 0.6) is 0 Å². The van der Waals surface area contributed by atoms with Crippen molar-refractivity contribution >= 4 is 38.9 Å². The smallest absolute Gasteiger partial charge is 0.252 e. The van der Waals surface area contributed by atoms with Gasteiger partial charge in [0.15, 0.2) is 0 Å². The van der Waals surface area contributed by atoms with Crippen molar-refractivity contribution in [3.63, 3.8) is 0 Å². The van der Waals surface area contributed by atoms with E-state index in [9.17, 15) is 13.2 Å². The van der Waals surface area contributed by atoms with Crippen LogP contribution in [0.15, 0.2) is 16.3 Å². The van der Waals surface area contributed by atoms with E-state index >= 15 is 0 Å². The number of rotatable bonds is 4. The summed E-state index contributed by atoms with van der Waals surface area (Å²) in [6.45, 7) is 5.30. The number of carbonyl (C=O) groups excluding carboxylic acids is 1. The number of amides is 1. The quantitative estimate of drug-likeness (QED) is 0.852. The van der Waals surface area contributed by atoms with Crippen molar-refractivity contribution < 1.29 is 13.2 Å². The first-order valence-corrected chi connectivity index (χ1v) is 10.3. The van der Waals surface area contributed by atoms with Crippen molar-refractivity contribution in [2.45, 2.75) is 11.1 Å². The van der Waals surface area contributed by atoms with Gasteiger partial charge < -0.3 is 10.2 Å². The fraction of sp³-hybridized carbons (Fsp3) is 0.643. The maximum atomic E-state index is 12.5. The minimum absolute atomic E-state index is 0.00416. The van der Waals surface area contributed by atoms with E-state index < -0.39 is 10.0 Å². The summed E-state index contributed by atoms with van der Waals surface area (Å²) in [6, 6.07) is 3.12. The van der Waals surface area contributed by atoms with Crippen LogP contribution in [0.25, 0.3) is 0 Å². The van der Waals surface area contributed by atoms with Gasteiger partial charge in [-0.05, 0) is 31.1 Å². The Morgan fingerprint density at radius 2 is 1.96 bits per heavy atom. The van der Waals surface area contributed by atoms with Crippen molar-refractivity contribution in [2.24, 2.45) is 11.8 Å². The molecule has 128 valence electrons. The average molecular weight is 378 g/mol. The Kier molecular flexibility index (Phi) is 4.98. The molecule has 3 rings (SSSR count). The van der Waals surface area contributed by atoms with Gasteiger partial charge in [-0.3, -0.25) is 4.79 Å². The van der Waals surface area contributed by atoms with E-state index in [1.54, 1.807) is 11.0 Å². The molecule has 0 radical (unpaired) electrons. The van der Waals surface area contributed by atoms with Gasteiger partial charge in [-0.2, -0.15) is 4.31 Å². The van der Waals surface area contributed by atoms with Crippen LogP contribution in [-0.4, -0.2) is 62.8 Å². The normalized spacial score (nSPS) is 21.9. The van der Waals surface area contributed by atoms with Gasteiger partial charge >= 0.3 is 0 Å². The van der Waals surface area contributed by atoms with E-state index in [4.69, 9.17) is 11.6 Å². The lowest BCUT2D eigenvalue weighted by Crippen LogP contribution is -2.55. The molecule has 2 fully saturated rings. The zero-order valence-electron chi connectivity index (χ0n) is 12.9. The summed E-state index contributed by atoms with van der Waals surface area (Å²) in [5.41, 5.74) is 0. The van der Waals surface area contributed by atoms with Crippen LogP contribution in [0.2, 0.25) is 4.34 Å². The second-order valence-corrected chi connectivity index (χ2v) is 9.87. The van der Waals surface area contributed by atoms with Gasteiger partial charge in [0.2, 0.25) is 5.91 Å². The lowest BCUT2D eigenvalue weighted by molar-refractivity contribution is -0.138. The number of thiophene rings is 1. The predicted molar refractivity (Wildman–Crippen MR) is 90.2 cm³/mol. The lowest BCUT2D eigenvalue weighted by Gasteiger charge is -2.38. The molecule has 1 aromatic heterocycles. The highest BCUT2D eigenvalue weighted by Crippen LogP contribution is 2.29. The maximum Gasteiger partial charge on any atom is 0.252 e. The van der Waals surface area contributed by atoms with Crippen molar-refractivity contribution in [1.82, 2.24) is 14.5 Å². The van der Waals surface area contributed by atoms with Crippen LogP contribution in [0, 0.1) is 11.8 Å². The van der Waals surface area contributed by atoms with E-state index in [-0.39, 0.29) is 16.0 Å². The van der Waals surface area contributed by atoms with Crippen molar-refractivity contribution in [3.05, 3.63) is 16.5 Å². The van der Waals surface area contributed by atoms with Gasteiger partial charge in [0.05, 0.1) is 4.34 Å². The van der Waals surface area contributed by atoms with Crippen LogP contribution < -0.4 is 5.32 Å². The summed E-state index contributed by atoms with van der Waals surface area (Å²) in [5.74, 6) is 0.528. The third-order valence-electron chi connectivity index (χ3n) is 4.60. The number of nitrogens with zero attached hydrogens (tertiary/aromatic N) is 2. The molecule has 2 aliphatic rings. The Morgan fingerprint density at radius 3 is 2.43 bits per heavy atom. The predicted octanol–water partition coefficient (Wildman–Crippen LogP) is 1.09. The molecule has 0 aliphatic carbocycles. The zero-order chi connectivity index (χ0) is 16.6. The highest BCUT2D eigenvalue weighted by molar-refractivity contribution is 7.91. The molecule has 2 saturated heterocycles. The van der Waals surface area contributed by atoms with Gasteiger partial charge in [0.25, 0.3) is 10.0 Å². The summed E-state index contributed by atoms with van der Waals surface area (Å²) in [6.07, 6.45) is 0. The summed E-state index contributed by atoms with van der Waals surface area (Å²) in [5, 5.41) is 3.18. The fourth-order valence-electron chi connectivity index (χ4n) is 2.87. The summed E-state index contributed by atoms with van der Waals surface area (Å²) in [4.78, 5) is 14.3. The first-order valence-electron chi connectivity index (χ1n) is 7.64. The Morgan fingerprint density at radius 1 is 1.30 bits per heavy atom. The van der Waals surface area contributed by atoms with E-state index in [0.717, 1.165) is 24.4 Å². The molecule has 1 atom stereocenters. The van der Waals surface area contributed by atoms with Gasteiger partial charge in [0.1, 0.15) is 4.21 Å². The monoisotopic (exact) mass is 377 g/mol. The molecule has 1 aromatic rings. The molecule has 2 aliphatic heterocycles. The molecule has 0 bridgehead atoms. The third kappa shape index (κ3) is 3.41. The molecule has 0 spiro atoms. The van der Waals surface area contributed by atoms with Crippen LogP contribution in [0.1, 0.15) is 6.92 Å². The Labute approximate surface area is 145 Å². The lowest BCUT2D eigenvalue weighted by atomic mass is 9.88. The van der Waals surface area contributed by atoms with Crippen LogP contribution in [0.4, 0.5) is 0 Å². The SMILES string of the molecule is CC(C(=O)N1CCN(S(=O)(=O)c2ccc(Cl)s2)CC1)C1CNC1.